The summed E-state index contributed by atoms with van der Waals surface area (Å²) in [5.41, 5.74) is 0.0315. The van der Waals surface area contributed by atoms with Gasteiger partial charge in [0, 0.05) is 31.7 Å². The van der Waals surface area contributed by atoms with E-state index in [4.69, 9.17) is 4.74 Å². The lowest BCUT2D eigenvalue weighted by atomic mass is 10.0. The molecule has 196 valence electrons. The number of benzene rings is 2. The molecular weight excluding hydrogens is 495 g/mol. The number of carbonyl (C=O) groups excluding carboxylic acids is 1. The summed E-state index contributed by atoms with van der Waals surface area (Å²) in [6.07, 6.45) is -2.36. The minimum atomic E-state index is -4.62. The van der Waals surface area contributed by atoms with Crippen LogP contribution in [0.3, 0.4) is 0 Å². The number of halogens is 3. The van der Waals surface area contributed by atoms with Crippen LogP contribution in [-0.4, -0.2) is 62.4 Å². The summed E-state index contributed by atoms with van der Waals surface area (Å²) in [7, 11) is -2.50. The van der Waals surface area contributed by atoms with E-state index in [-0.39, 0.29) is 29.4 Å². The second kappa shape index (κ2) is 10.8. The number of nitrogens with zero attached hydrogens (tertiary/aromatic N) is 2. The molecule has 36 heavy (non-hydrogen) atoms. The standard InChI is InChI=1S/C25H30F3N3O4S/c1-35-22-9-5-18(6-10-22)16-29-17-24(32)30-13-11-21(12-14-30)31(20-7-8-20)36(33,34)23-4-2-3-19(15-23)25(26,27)28/h2-6,9-10,15,20-21,29H,7-8,11-14,16-17H2,1H3. The van der Waals surface area contributed by atoms with Crippen molar-refractivity contribution in [3.63, 3.8) is 0 Å². The second-order valence-electron chi connectivity index (χ2n) is 9.16. The first kappa shape index (κ1) is 26.4. The largest absolute Gasteiger partial charge is 0.497 e. The molecular formula is C25H30F3N3O4S. The van der Waals surface area contributed by atoms with E-state index >= 15 is 0 Å². The lowest BCUT2D eigenvalue weighted by Gasteiger charge is -2.38. The molecule has 11 heteroatoms. The van der Waals surface area contributed by atoms with Crippen LogP contribution in [0.5, 0.6) is 5.75 Å². The van der Waals surface area contributed by atoms with E-state index in [1.807, 2.05) is 24.3 Å². The summed E-state index contributed by atoms with van der Waals surface area (Å²) in [5, 5.41) is 3.13. The van der Waals surface area contributed by atoms with Crippen molar-refractivity contribution in [2.75, 3.05) is 26.7 Å². The van der Waals surface area contributed by atoms with Gasteiger partial charge in [0.1, 0.15) is 5.75 Å². The number of piperidine rings is 1. The third kappa shape index (κ3) is 6.19. The normalized spacial score (nSPS) is 17.4. The van der Waals surface area contributed by atoms with E-state index in [9.17, 15) is 26.4 Å². The number of sulfonamides is 1. The van der Waals surface area contributed by atoms with E-state index in [1.54, 1.807) is 12.0 Å². The zero-order valence-electron chi connectivity index (χ0n) is 20.0. The van der Waals surface area contributed by atoms with E-state index < -0.39 is 21.8 Å². The van der Waals surface area contributed by atoms with Gasteiger partial charge in [0.05, 0.1) is 24.1 Å². The molecule has 1 saturated carbocycles. The Balaban J connectivity index is 1.34. The first-order valence-corrected chi connectivity index (χ1v) is 13.4. The zero-order valence-corrected chi connectivity index (χ0v) is 20.8. The van der Waals surface area contributed by atoms with Gasteiger partial charge in [-0.2, -0.15) is 17.5 Å². The topological polar surface area (TPSA) is 79.0 Å². The number of rotatable bonds is 9. The number of ether oxygens (including phenoxy) is 1. The van der Waals surface area contributed by atoms with Crippen LogP contribution in [0.15, 0.2) is 53.4 Å². The van der Waals surface area contributed by atoms with Crippen LogP contribution in [-0.2, 0) is 27.5 Å². The van der Waals surface area contributed by atoms with Crippen molar-refractivity contribution < 1.29 is 31.1 Å². The van der Waals surface area contributed by atoms with Gasteiger partial charge in [-0.15, -0.1) is 0 Å². The van der Waals surface area contributed by atoms with Gasteiger partial charge in [0.2, 0.25) is 15.9 Å². The molecule has 2 aromatic rings. The van der Waals surface area contributed by atoms with Crippen molar-refractivity contribution >= 4 is 15.9 Å². The Morgan fingerprint density at radius 3 is 2.28 bits per heavy atom. The number of likely N-dealkylation sites (tertiary alicyclic amines) is 1. The SMILES string of the molecule is COc1ccc(CNCC(=O)N2CCC(N(C3CC3)S(=O)(=O)c3cccc(C(F)(F)F)c3)CC2)cc1. The highest BCUT2D eigenvalue weighted by atomic mass is 32.2. The molecule has 2 aliphatic rings. The maximum absolute atomic E-state index is 13.4. The summed E-state index contributed by atoms with van der Waals surface area (Å²) in [5.74, 6) is 0.689. The van der Waals surface area contributed by atoms with Crippen LogP contribution in [0, 0.1) is 0 Å². The molecule has 7 nitrogen and oxygen atoms in total. The number of carbonyl (C=O) groups is 1. The molecule has 0 atom stereocenters. The molecule has 4 rings (SSSR count). The zero-order chi connectivity index (χ0) is 25.9. The Morgan fingerprint density at radius 2 is 1.69 bits per heavy atom. The average molecular weight is 526 g/mol. The van der Waals surface area contributed by atoms with Crippen LogP contribution in [0.25, 0.3) is 0 Å². The average Bonchev–Trinajstić information content (AvgIpc) is 3.69. The van der Waals surface area contributed by atoms with E-state index in [1.165, 1.54) is 10.4 Å². The van der Waals surface area contributed by atoms with Crippen LogP contribution >= 0.6 is 0 Å². The maximum Gasteiger partial charge on any atom is 0.416 e. The van der Waals surface area contributed by atoms with Crippen molar-refractivity contribution in [1.29, 1.82) is 0 Å². The van der Waals surface area contributed by atoms with Crippen molar-refractivity contribution in [1.82, 2.24) is 14.5 Å². The number of hydrogen-bond donors (Lipinski definition) is 1. The quantitative estimate of drug-likeness (QED) is 0.541. The van der Waals surface area contributed by atoms with Gasteiger partial charge in [-0.1, -0.05) is 18.2 Å². The summed E-state index contributed by atoms with van der Waals surface area (Å²) in [4.78, 5) is 14.0. The molecule has 1 aliphatic carbocycles. The van der Waals surface area contributed by atoms with Gasteiger partial charge in [0.25, 0.3) is 0 Å². The third-order valence-electron chi connectivity index (χ3n) is 6.59. The van der Waals surface area contributed by atoms with Crippen LogP contribution < -0.4 is 10.1 Å². The van der Waals surface area contributed by atoms with Crippen LogP contribution in [0.1, 0.15) is 36.8 Å². The molecule has 1 saturated heterocycles. The third-order valence-corrected chi connectivity index (χ3v) is 8.59. The van der Waals surface area contributed by atoms with Gasteiger partial charge in [0.15, 0.2) is 0 Å². The second-order valence-corrected chi connectivity index (χ2v) is 11.0. The fraction of sp³-hybridized carbons (Fsp3) is 0.480. The molecule has 1 heterocycles. The minimum absolute atomic E-state index is 0.0688. The summed E-state index contributed by atoms with van der Waals surface area (Å²) in [6, 6.07) is 10.9. The molecule has 1 N–H and O–H groups in total. The molecule has 2 fully saturated rings. The summed E-state index contributed by atoms with van der Waals surface area (Å²) >= 11 is 0. The van der Waals surface area contributed by atoms with Crippen molar-refractivity contribution in [3.8, 4) is 5.75 Å². The number of methoxy groups -OCH3 is 1. The van der Waals surface area contributed by atoms with Gasteiger partial charge in [-0.25, -0.2) is 8.42 Å². The van der Waals surface area contributed by atoms with E-state index in [0.717, 1.165) is 23.4 Å². The Kier molecular flexibility index (Phi) is 7.91. The molecule has 2 aromatic carbocycles. The van der Waals surface area contributed by atoms with E-state index in [0.29, 0.717) is 51.4 Å². The molecule has 1 aliphatic heterocycles. The highest BCUT2D eigenvalue weighted by Crippen LogP contribution is 2.38. The molecule has 0 radical (unpaired) electrons. The highest BCUT2D eigenvalue weighted by Gasteiger charge is 2.44. The lowest BCUT2D eigenvalue weighted by molar-refractivity contribution is -0.137. The van der Waals surface area contributed by atoms with Crippen LogP contribution in [0.4, 0.5) is 13.2 Å². The lowest BCUT2D eigenvalue weighted by Crippen LogP contribution is -2.50. The predicted octanol–water partition coefficient (Wildman–Crippen LogP) is 3.65. The number of nitrogens with one attached hydrogen (secondary N) is 1. The molecule has 1 amide bonds. The summed E-state index contributed by atoms with van der Waals surface area (Å²) < 4.78 is 72.8. The maximum atomic E-state index is 13.4. The number of hydrogen-bond acceptors (Lipinski definition) is 5. The number of alkyl halides is 3. The fourth-order valence-electron chi connectivity index (χ4n) is 4.51. The smallest absolute Gasteiger partial charge is 0.416 e. The van der Waals surface area contributed by atoms with Crippen molar-refractivity contribution in [3.05, 3.63) is 59.7 Å². The molecule has 0 aromatic heterocycles. The summed E-state index contributed by atoms with van der Waals surface area (Å²) in [6.45, 7) is 1.48. The Labute approximate surface area is 209 Å². The van der Waals surface area contributed by atoms with Crippen molar-refractivity contribution in [2.45, 2.75) is 55.4 Å². The first-order chi connectivity index (χ1) is 17.1. The first-order valence-electron chi connectivity index (χ1n) is 11.9. The van der Waals surface area contributed by atoms with Gasteiger partial charge < -0.3 is 15.0 Å². The highest BCUT2D eigenvalue weighted by molar-refractivity contribution is 7.89. The Morgan fingerprint density at radius 1 is 1.06 bits per heavy atom. The number of amides is 1. The van der Waals surface area contributed by atoms with Gasteiger partial charge in [-0.3, -0.25) is 4.79 Å². The predicted molar refractivity (Wildman–Crippen MR) is 128 cm³/mol. The Bertz CT molecular complexity index is 1160. The van der Waals surface area contributed by atoms with Crippen LogP contribution in [0.2, 0.25) is 0 Å². The fourth-order valence-corrected chi connectivity index (χ4v) is 6.49. The Hall–Kier alpha value is -2.63. The molecule has 0 unspecified atom stereocenters. The van der Waals surface area contributed by atoms with E-state index in [2.05, 4.69) is 5.32 Å². The molecule has 0 spiro atoms. The van der Waals surface area contributed by atoms with Gasteiger partial charge in [-0.05, 0) is 61.6 Å². The molecule has 0 bridgehead atoms. The minimum Gasteiger partial charge on any atom is -0.497 e. The monoisotopic (exact) mass is 525 g/mol. The van der Waals surface area contributed by atoms with Crippen molar-refractivity contribution in [2.24, 2.45) is 0 Å². The van der Waals surface area contributed by atoms with Gasteiger partial charge >= 0.3 is 6.18 Å².